The van der Waals surface area contributed by atoms with Gasteiger partial charge in [-0.05, 0) is 101 Å². The molecule has 2 heterocycles. The Labute approximate surface area is 295 Å². The predicted octanol–water partition coefficient (Wildman–Crippen LogP) is 12.9. The summed E-state index contributed by atoms with van der Waals surface area (Å²) in [7, 11) is 0. The average molecular weight is 654 g/mol. The number of benzene rings is 8. The lowest BCUT2D eigenvalue weighted by molar-refractivity contribution is 0.623. The first kappa shape index (κ1) is 29.0. The Morgan fingerprint density at radius 2 is 0.980 bits per heavy atom. The number of nitrogens with zero attached hydrogens (tertiary/aromatic N) is 3. The standard InChI is InChI=1S/C47H31N3O/c1-3-11-34(12-4-1)47-48-43-30-23-33-19-20-35(31-42(33)46(43)51-47)32-21-24-37(25-22-32)49(36-13-5-2-6-14-36)38-26-28-39(29-27-38)50-44-17-9-7-15-40(44)41-16-8-10-18-45(41)50/h1-31H. The van der Waals surface area contributed by atoms with Crippen molar-refractivity contribution in [2.75, 3.05) is 4.90 Å². The number of oxazole rings is 1. The molecule has 240 valence electrons. The van der Waals surface area contributed by atoms with Crippen LogP contribution in [0.15, 0.2) is 192 Å². The van der Waals surface area contributed by atoms with Gasteiger partial charge in [-0.3, -0.25) is 0 Å². The molecule has 0 bridgehead atoms. The summed E-state index contributed by atoms with van der Waals surface area (Å²) in [6.07, 6.45) is 0. The molecule has 0 N–H and O–H groups in total. The summed E-state index contributed by atoms with van der Waals surface area (Å²) < 4.78 is 8.72. The Balaban J connectivity index is 1.02. The molecule has 4 nitrogen and oxygen atoms in total. The van der Waals surface area contributed by atoms with Crippen molar-refractivity contribution in [3.63, 3.8) is 0 Å². The van der Waals surface area contributed by atoms with E-state index in [1.165, 1.54) is 21.8 Å². The third kappa shape index (κ3) is 4.96. The van der Waals surface area contributed by atoms with E-state index in [0.717, 1.165) is 61.3 Å². The number of fused-ring (bicyclic) bond motifs is 6. The van der Waals surface area contributed by atoms with Crippen LogP contribution >= 0.6 is 0 Å². The van der Waals surface area contributed by atoms with Crippen molar-refractivity contribution in [3.8, 4) is 28.3 Å². The Hall–Kier alpha value is -6.91. The van der Waals surface area contributed by atoms with E-state index in [1.807, 2.05) is 36.4 Å². The molecule has 10 rings (SSSR count). The number of hydrogen-bond donors (Lipinski definition) is 0. The van der Waals surface area contributed by atoms with Crippen LogP contribution < -0.4 is 4.90 Å². The number of para-hydroxylation sites is 3. The van der Waals surface area contributed by atoms with E-state index >= 15 is 0 Å². The van der Waals surface area contributed by atoms with Crippen molar-refractivity contribution in [1.82, 2.24) is 9.55 Å². The molecule has 0 saturated carbocycles. The summed E-state index contributed by atoms with van der Waals surface area (Å²) in [4.78, 5) is 7.11. The molecule has 8 aromatic carbocycles. The van der Waals surface area contributed by atoms with E-state index in [9.17, 15) is 0 Å². The van der Waals surface area contributed by atoms with Gasteiger partial charge in [0.2, 0.25) is 5.89 Å². The minimum atomic E-state index is 0.636. The molecule has 0 fully saturated rings. The third-order valence-electron chi connectivity index (χ3n) is 9.81. The second kappa shape index (κ2) is 11.9. The highest BCUT2D eigenvalue weighted by atomic mass is 16.3. The summed E-state index contributed by atoms with van der Waals surface area (Å²) in [5.74, 6) is 0.636. The Bertz CT molecular complexity index is 2780. The molecular weight excluding hydrogens is 623 g/mol. The van der Waals surface area contributed by atoms with Gasteiger partial charge in [0.25, 0.3) is 0 Å². The van der Waals surface area contributed by atoms with E-state index < -0.39 is 0 Å². The van der Waals surface area contributed by atoms with Gasteiger partial charge in [0.05, 0.1) is 11.0 Å². The Kier molecular flexibility index (Phi) is 6.78. The highest BCUT2D eigenvalue weighted by Crippen LogP contribution is 2.38. The third-order valence-corrected chi connectivity index (χ3v) is 9.81. The fraction of sp³-hybridized carbons (Fsp3) is 0. The molecule has 0 spiro atoms. The lowest BCUT2D eigenvalue weighted by atomic mass is 10.00. The zero-order valence-electron chi connectivity index (χ0n) is 27.6. The monoisotopic (exact) mass is 653 g/mol. The highest BCUT2D eigenvalue weighted by Gasteiger charge is 2.16. The number of aromatic nitrogens is 2. The van der Waals surface area contributed by atoms with Gasteiger partial charge in [-0.25, -0.2) is 4.98 Å². The quantitative estimate of drug-likeness (QED) is 0.179. The molecule has 10 aromatic rings. The molecule has 0 radical (unpaired) electrons. The number of anilines is 3. The van der Waals surface area contributed by atoms with E-state index in [2.05, 4.69) is 161 Å². The van der Waals surface area contributed by atoms with Crippen LogP contribution in [0.2, 0.25) is 0 Å². The molecule has 2 aromatic heterocycles. The molecule has 4 heteroatoms. The summed E-state index contributed by atoms with van der Waals surface area (Å²) in [5, 5.41) is 4.70. The van der Waals surface area contributed by atoms with Crippen molar-refractivity contribution in [3.05, 3.63) is 188 Å². The van der Waals surface area contributed by atoms with Crippen molar-refractivity contribution >= 4 is 60.7 Å². The fourth-order valence-corrected chi connectivity index (χ4v) is 7.37. The first-order valence-corrected chi connectivity index (χ1v) is 17.2. The van der Waals surface area contributed by atoms with Crippen molar-refractivity contribution in [2.24, 2.45) is 0 Å². The second-order valence-electron chi connectivity index (χ2n) is 12.8. The first-order chi connectivity index (χ1) is 25.3. The maximum absolute atomic E-state index is 6.36. The summed E-state index contributed by atoms with van der Waals surface area (Å²) in [6, 6.07) is 66.3. The molecule has 0 amide bonds. The molecule has 0 saturated heterocycles. The van der Waals surface area contributed by atoms with E-state index in [-0.39, 0.29) is 0 Å². The maximum atomic E-state index is 6.36. The molecule has 0 aliphatic rings. The molecular formula is C47H31N3O. The van der Waals surface area contributed by atoms with Crippen LogP contribution in [-0.2, 0) is 0 Å². The van der Waals surface area contributed by atoms with Crippen LogP contribution in [-0.4, -0.2) is 9.55 Å². The van der Waals surface area contributed by atoms with Gasteiger partial charge in [0.15, 0.2) is 5.58 Å². The summed E-state index contributed by atoms with van der Waals surface area (Å²) in [5.41, 5.74) is 11.7. The van der Waals surface area contributed by atoms with Crippen LogP contribution in [0.3, 0.4) is 0 Å². The first-order valence-electron chi connectivity index (χ1n) is 17.2. The minimum Gasteiger partial charge on any atom is -0.435 e. The van der Waals surface area contributed by atoms with E-state index in [0.29, 0.717) is 5.89 Å². The normalized spacial score (nSPS) is 11.5. The van der Waals surface area contributed by atoms with Crippen molar-refractivity contribution < 1.29 is 4.42 Å². The van der Waals surface area contributed by atoms with Gasteiger partial charge < -0.3 is 13.9 Å². The fourth-order valence-electron chi connectivity index (χ4n) is 7.37. The van der Waals surface area contributed by atoms with Crippen LogP contribution in [0.4, 0.5) is 17.1 Å². The highest BCUT2D eigenvalue weighted by molar-refractivity contribution is 6.09. The molecule has 0 unspecified atom stereocenters. The second-order valence-corrected chi connectivity index (χ2v) is 12.8. The lowest BCUT2D eigenvalue weighted by Gasteiger charge is -2.26. The number of rotatable bonds is 6. The van der Waals surface area contributed by atoms with Crippen molar-refractivity contribution in [1.29, 1.82) is 0 Å². The average Bonchev–Trinajstić information content (AvgIpc) is 3.80. The van der Waals surface area contributed by atoms with Crippen LogP contribution in [0.1, 0.15) is 0 Å². The molecule has 0 atom stereocenters. The molecule has 0 aliphatic heterocycles. The van der Waals surface area contributed by atoms with Gasteiger partial charge in [-0.1, -0.05) is 103 Å². The zero-order valence-corrected chi connectivity index (χ0v) is 27.6. The van der Waals surface area contributed by atoms with E-state index in [1.54, 1.807) is 0 Å². The summed E-state index contributed by atoms with van der Waals surface area (Å²) in [6.45, 7) is 0. The number of hydrogen-bond acceptors (Lipinski definition) is 3. The lowest BCUT2D eigenvalue weighted by Crippen LogP contribution is -2.10. The van der Waals surface area contributed by atoms with Gasteiger partial charge in [-0.15, -0.1) is 0 Å². The maximum Gasteiger partial charge on any atom is 0.227 e. The topological polar surface area (TPSA) is 34.2 Å². The van der Waals surface area contributed by atoms with Crippen LogP contribution in [0, 0.1) is 0 Å². The van der Waals surface area contributed by atoms with Gasteiger partial charge >= 0.3 is 0 Å². The van der Waals surface area contributed by atoms with Crippen molar-refractivity contribution in [2.45, 2.75) is 0 Å². The SMILES string of the molecule is c1ccc(-c2nc3ccc4ccc(-c5ccc(N(c6ccccc6)c6ccc(-n7c8ccccc8c8ccccc87)cc6)cc5)cc4c3o2)cc1. The van der Waals surface area contributed by atoms with Gasteiger partial charge in [0.1, 0.15) is 5.52 Å². The Morgan fingerprint density at radius 1 is 0.431 bits per heavy atom. The van der Waals surface area contributed by atoms with Crippen LogP contribution in [0.5, 0.6) is 0 Å². The van der Waals surface area contributed by atoms with E-state index in [4.69, 9.17) is 9.40 Å². The Morgan fingerprint density at radius 3 is 1.67 bits per heavy atom. The summed E-state index contributed by atoms with van der Waals surface area (Å²) >= 11 is 0. The predicted molar refractivity (Wildman–Crippen MR) is 211 cm³/mol. The smallest absolute Gasteiger partial charge is 0.227 e. The van der Waals surface area contributed by atoms with Gasteiger partial charge in [0, 0.05) is 44.5 Å². The molecule has 51 heavy (non-hydrogen) atoms. The van der Waals surface area contributed by atoms with Gasteiger partial charge in [-0.2, -0.15) is 0 Å². The molecule has 0 aliphatic carbocycles. The largest absolute Gasteiger partial charge is 0.435 e. The zero-order chi connectivity index (χ0) is 33.7. The van der Waals surface area contributed by atoms with Crippen LogP contribution in [0.25, 0.3) is 71.9 Å². The minimum absolute atomic E-state index is 0.636.